The summed E-state index contributed by atoms with van der Waals surface area (Å²) >= 11 is 1.43. The Morgan fingerprint density at radius 1 is 0.967 bits per heavy atom. The maximum absolute atomic E-state index is 12.3. The molecule has 158 valence electrons. The number of carbonyl (C=O) groups is 4. The third kappa shape index (κ3) is 6.45. The quantitative estimate of drug-likeness (QED) is 0.381. The molecule has 0 aliphatic carbocycles. The van der Waals surface area contributed by atoms with Gasteiger partial charge in [0.1, 0.15) is 6.54 Å². The van der Waals surface area contributed by atoms with Crippen molar-refractivity contribution in [2.24, 2.45) is 0 Å². The van der Waals surface area contributed by atoms with Crippen LogP contribution in [0.15, 0.2) is 41.3 Å². The minimum atomic E-state index is -0.719. The van der Waals surface area contributed by atoms with Gasteiger partial charge in [-0.25, -0.2) is 0 Å². The van der Waals surface area contributed by atoms with Crippen molar-refractivity contribution in [1.82, 2.24) is 5.32 Å². The number of ether oxygens (including phenoxy) is 1. The number of hydrogen-bond donors (Lipinski definition) is 2. The fraction of sp³-hybridized carbons (Fsp3) is 0.273. The fourth-order valence-corrected chi connectivity index (χ4v) is 3.12. The molecule has 0 saturated heterocycles. The Bertz CT molecular complexity index is 987. The van der Waals surface area contributed by atoms with E-state index in [1.54, 1.807) is 30.3 Å². The van der Waals surface area contributed by atoms with Gasteiger partial charge in [-0.2, -0.15) is 0 Å². The van der Waals surface area contributed by atoms with Gasteiger partial charge < -0.3 is 15.4 Å². The molecule has 2 rings (SSSR count). The lowest BCUT2D eigenvalue weighted by Gasteiger charge is -2.11. The summed E-state index contributed by atoms with van der Waals surface area (Å²) in [6, 6.07) is 10.1. The summed E-state index contributed by atoms with van der Waals surface area (Å²) in [5, 5.41) is 5.15. The monoisotopic (exact) mass is 428 g/mol. The summed E-state index contributed by atoms with van der Waals surface area (Å²) in [6.07, 6.45) is 1.86. The predicted octanol–water partition coefficient (Wildman–Crippen LogP) is 3.14. The molecule has 2 aromatic rings. The Hall–Kier alpha value is -3.13. The third-order valence-electron chi connectivity index (χ3n) is 4.36. The van der Waals surface area contributed by atoms with Crippen molar-refractivity contribution in [3.05, 3.63) is 58.7 Å². The summed E-state index contributed by atoms with van der Waals surface area (Å²) in [5.41, 5.74) is 3.32. The van der Waals surface area contributed by atoms with Gasteiger partial charge in [0, 0.05) is 22.9 Å². The fourth-order valence-electron chi connectivity index (χ4n) is 2.59. The number of aryl methyl sites for hydroxylation is 2. The number of hydrogen-bond acceptors (Lipinski definition) is 6. The van der Waals surface area contributed by atoms with Gasteiger partial charge in [0.05, 0.1) is 5.69 Å². The number of benzene rings is 2. The van der Waals surface area contributed by atoms with Gasteiger partial charge >= 0.3 is 5.97 Å². The number of anilines is 1. The van der Waals surface area contributed by atoms with E-state index in [4.69, 9.17) is 4.74 Å². The number of carbonyl (C=O) groups excluding carboxylic acids is 4. The average molecular weight is 429 g/mol. The first kappa shape index (κ1) is 23.2. The number of ketones is 1. The topological polar surface area (TPSA) is 102 Å². The lowest BCUT2D eigenvalue weighted by molar-refractivity contribution is -0.141. The molecule has 30 heavy (non-hydrogen) atoms. The number of Topliss-reactive ketones (excluding diaryl/α,β-unsaturated/α-hetero) is 1. The molecule has 0 fully saturated rings. The molecule has 2 aromatic carbocycles. The zero-order valence-corrected chi connectivity index (χ0v) is 18.1. The van der Waals surface area contributed by atoms with E-state index in [2.05, 4.69) is 10.6 Å². The Labute approximate surface area is 179 Å². The number of thioether (sulfide) groups is 1. The van der Waals surface area contributed by atoms with E-state index in [1.807, 2.05) is 26.2 Å². The minimum absolute atomic E-state index is 0.249. The van der Waals surface area contributed by atoms with Gasteiger partial charge in [0.25, 0.3) is 5.91 Å². The summed E-state index contributed by atoms with van der Waals surface area (Å²) in [5.74, 6) is -1.78. The Morgan fingerprint density at radius 2 is 1.67 bits per heavy atom. The summed E-state index contributed by atoms with van der Waals surface area (Å²) in [7, 11) is 0. The molecule has 0 saturated carbocycles. The first-order chi connectivity index (χ1) is 14.2. The predicted molar refractivity (Wildman–Crippen MR) is 116 cm³/mol. The second-order valence-electron chi connectivity index (χ2n) is 6.66. The van der Waals surface area contributed by atoms with Crippen LogP contribution in [0.4, 0.5) is 5.69 Å². The van der Waals surface area contributed by atoms with Gasteiger partial charge in [0.2, 0.25) is 5.91 Å². The van der Waals surface area contributed by atoms with Crippen molar-refractivity contribution < 1.29 is 23.9 Å². The Morgan fingerprint density at radius 3 is 2.30 bits per heavy atom. The van der Waals surface area contributed by atoms with E-state index in [9.17, 15) is 19.2 Å². The van der Waals surface area contributed by atoms with E-state index in [1.165, 1.54) is 18.7 Å². The SMILES string of the molecule is CSc1ccc(C(=O)COC(=O)CNC(=O)c2ccc(C)c(C)c2)cc1NC(C)=O. The molecule has 0 radical (unpaired) electrons. The van der Waals surface area contributed by atoms with Crippen LogP contribution in [0, 0.1) is 13.8 Å². The number of amides is 2. The van der Waals surface area contributed by atoms with Gasteiger partial charge in [0.15, 0.2) is 12.4 Å². The second-order valence-corrected chi connectivity index (χ2v) is 7.51. The van der Waals surface area contributed by atoms with Crippen LogP contribution in [0.3, 0.4) is 0 Å². The maximum atomic E-state index is 12.3. The van der Waals surface area contributed by atoms with Gasteiger partial charge in [-0.15, -0.1) is 11.8 Å². The van der Waals surface area contributed by atoms with Crippen LogP contribution >= 0.6 is 11.8 Å². The Balaban J connectivity index is 1.89. The summed E-state index contributed by atoms with van der Waals surface area (Å²) < 4.78 is 4.97. The second kappa shape index (κ2) is 10.6. The van der Waals surface area contributed by atoms with E-state index in [-0.39, 0.29) is 12.5 Å². The van der Waals surface area contributed by atoms with Crippen LogP contribution < -0.4 is 10.6 Å². The van der Waals surface area contributed by atoms with Crippen molar-refractivity contribution in [1.29, 1.82) is 0 Å². The van der Waals surface area contributed by atoms with Gasteiger partial charge in [-0.1, -0.05) is 12.1 Å². The first-order valence-corrected chi connectivity index (χ1v) is 10.4. The average Bonchev–Trinajstić information content (AvgIpc) is 2.71. The molecule has 7 nitrogen and oxygen atoms in total. The third-order valence-corrected chi connectivity index (χ3v) is 5.15. The van der Waals surface area contributed by atoms with E-state index in [0.29, 0.717) is 16.8 Å². The highest BCUT2D eigenvalue weighted by Gasteiger charge is 2.14. The van der Waals surface area contributed by atoms with Crippen LogP contribution in [0.2, 0.25) is 0 Å². The van der Waals surface area contributed by atoms with Crippen LogP contribution in [-0.4, -0.2) is 43.0 Å². The molecule has 0 bridgehead atoms. The molecule has 2 N–H and O–H groups in total. The molecular weight excluding hydrogens is 404 g/mol. The summed E-state index contributed by atoms with van der Waals surface area (Å²) in [6.45, 7) is 4.42. The lowest BCUT2D eigenvalue weighted by Crippen LogP contribution is -2.31. The first-order valence-electron chi connectivity index (χ1n) is 9.21. The normalized spacial score (nSPS) is 10.3. The molecule has 0 spiro atoms. The van der Waals surface area contributed by atoms with E-state index < -0.39 is 24.3 Å². The number of rotatable bonds is 8. The molecule has 0 aromatic heterocycles. The molecular formula is C22H24N2O5S. The van der Waals surface area contributed by atoms with Crippen LogP contribution in [0.25, 0.3) is 0 Å². The van der Waals surface area contributed by atoms with Gasteiger partial charge in [-0.3, -0.25) is 19.2 Å². The molecule has 0 aliphatic rings. The smallest absolute Gasteiger partial charge is 0.325 e. The molecule has 0 heterocycles. The van der Waals surface area contributed by atoms with Crippen LogP contribution in [-0.2, 0) is 14.3 Å². The van der Waals surface area contributed by atoms with Crippen LogP contribution in [0.1, 0.15) is 38.8 Å². The van der Waals surface area contributed by atoms with Crippen molar-refractivity contribution in [2.75, 3.05) is 24.7 Å². The highest BCUT2D eigenvalue weighted by molar-refractivity contribution is 7.98. The zero-order chi connectivity index (χ0) is 22.3. The maximum Gasteiger partial charge on any atom is 0.325 e. The van der Waals surface area contributed by atoms with Crippen molar-refractivity contribution in [3.8, 4) is 0 Å². The number of esters is 1. The number of nitrogens with one attached hydrogen (secondary N) is 2. The zero-order valence-electron chi connectivity index (χ0n) is 17.3. The van der Waals surface area contributed by atoms with Crippen molar-refractivity contribution in [2.45, 2.75) is 25.7 Å². The van der Waals surface area contributed by atoms with Gasteiger partial charge in [-0.05, 0) is 55.5 Å². The molecule has 2 amide bonds. The summed E-state index contributed by atoms with van der Waals surface area (Å²) in [4.78, 5) is 48.5. The molecule has 0 unspecified atom stereocenters. The molecule has 0 atom stereocenters. The minimum Gasteiger partial charge on any atom is -0.456 e. The lowest BCUT2D eigenvalue weighted by atomic mass is 10.1. The van der Waals surface area contributed by atoms with Crippen LogP contribution in [0.5, 0.6) is 0 Å². The van der Waals surface area contributed by atoms with Crippen molar-refractivity contribution >= 4 is 41.0 Å². The Kier molecular flexibility index (Phi) is 8.17. The highest BCUT2D eigenvalue weighted by atomic mass is 32.2. The van der Waals surface area contributed by atoms with E-state index >= 15 is 0 Å². The molecule has 8 heteroatoms. The van der Waals surface area contributed by atoms with E-state index in [0.717, 1.165) is 16.0 Å². The van der Waals surface area contributed by atoms with Crippen molar-refractivity contribution in [3.63, 3.8) is 0 Å². The standard InChI is InChI=1S/C22H24N2O5S/c1-13-5-6-17(9-14(13)2)22(28)23-11-21(27)29-12-19(26)16-7-8-20(30-4)18(10-16)24-15(3)25/h5-10H,11-12H2,1-4H3,(H,23,28)(H,24,25). The highest BCUT2D eigenvalue weighted by Crippen LogP contribution is 2.26. The largest absolute Gasteiger partial charge is 0.456 e. The molecule has 0 aliphatic heterocycles.